The highest BCUT2D eigenvalue weighted by molar-refractivity contribution is 5.73. The summed E-state index contributed by atoms with van der Waals surface area (Å²) in [6.45, 7) is 4.09. The highest BCUT2D eigenvalue weighted by atomic mass is 16.6. The van der Waals surface area contributed by atoms with E-state index in [1.54, 1.807) is 12.1 Å². The van der Waals surface area contributed by atoms with Crippen molar-refractivity contribution in [3.63, 3.8) is 0 Å². The molecule has 0 fully saturated rings. The lowest BCUT2D eigenvalue weighted by Gasteiger charge is -2.02. The van der Waals surface area contributed by atoms with Gasteiger partial charge in [-0.25, -0.2) is 9.59 Å². The molecule has 0 aliphatic rings. The highest BCUT2D eigenvalue weighted by Crippen LogP contribution is 2.02. The van der Waals surface area contributed by atoms with Crippen LogP contribution in [0.15, 0.2) is 40.6 Å². The van der Waals surface area contributed by atoms with Crippen molar-refractivity contribution < 1.29 is 19.1 Å². The van der Waals surface area contributed by atoms with Crippen LogP contribution in [0.25, 0.3) is 0 Å². The number of carbonyl (C=O) groups excluding carboxylic acids is 2. The third kappa shape index (κ3) is 6.92. The summed E-state index contributed by atoms with van der Waals surface area (Å²) in [5.74, 6) is 0.198. The van der Waals surface area contributed by atoms with Gasteiger partial charge in [0.05, 0.1) is 6.61 Å². The van der Waals surface area contributed by atoms with E-state index >= 15 is 0 Å². The summed E-state index contributed by atoms with van der Waals surface area (Å²) in [6, 6.07) is 9.13. The molecular weight excluding hydrogens is 248 g/mol. The Morgan fingerprint density at radius 1 is 1.05 bits per heavy atom. The van der Waals surface area contributed by atoms with E-state index in [1.807, 2.05) is 32.0 Å². The average Bonchev–Trinajstić information content (AvgIpc) is 2.41. The van der Waals surface area contributed by atoms with Gasteiger partial charge in [0, 0.05) is 0 Å². The third-order valence-electron chi connectivity index (χ3n) is 1.96. The first kappa shape index (κ1) is 14.8. The molecule has 0 aliphatic carbocycles. The molecule has 19 heavy (non-hydrogen) atoms. The lowest BCUT2D eigenvalue weighted by Crippen LogP contribution is -2.06. The van der Waals surface area contributed by atoms with Crippen LogP contribution in [0.5, 0.6) is 0 Å². The molecule has 0 N–H and O–H groups in total. The van der Waals surface area contributed by atoms with E-state index in [9.17, 15) is 9.59 Å². The fraction of sp³-hybridized carbons (Fsp3) is 0.385. The van der Waals surface area contributed by atoms with Crippen LogP contribution in [0.2, 0.25) is 0 Å². The Kier molecular flexibility index (Phi) is 6.21. The van der Waals surface area contributed by atoms with Gasteiger partial charge in [0.1, 0.15) is 6.61 Å². The highest BCUT2D eigenvalue weighted by Gasteiger charge is 2.05. The lowest BCUT2D eigenvalue weighted by atomic mass is 10.2. The van der Waals surface area contributed by atoms with Crippen molar-refractivity contribution in [1.82, 2.24) is 0 Å². The minimum atomic E-state index is -0.926. The zero-order valence-corrected chi connectivity index (χ0v) is 10.9. The lowest BCUT2D eigenvalue weighted by molar-refractivity contribution is 0.135. The molecule has 1 rings (SSSR count). The van der Waals surface area contributed by atoms with Gasteiger partial charge in [-0.2, -0.15) is 0 Å². The molecule has 0 aromatic heterocycles. The first-order valence-corrected chi connectivity index (χ1v) is 5.87. The Balaban J connectivity index is 2.29. The molecule has 0 aliphatic heterocycles. The average molecular weight is 264 g/mol. The first-order valence-electron chi connectivity index (χ1n) is 5.87. The number of benzene rings is 1. The molecule has 2 amide bonds. The van der Waals surface area contributed by atoms with E-state index in [4.69, 9.17) is 9.47 Å². The largest absolute Gasteiger partial charge is 0.452 e. The Morgan fingerprint density at radius 3 is 2.21 bits per heavy atom. The van der Waals surface area contributed by atoms with Crippen LogP contribution in [0, 0.1) is 5.92 Å². The van der Waals surface area contributed by atoms with Gasteiger partial charge in [0.15, 0.2) is 0 Å². The predicted molar refractivity (Wildman–Crippen MR) is 67.7 cm³/mol. The second-order valence-corrected chi connectivity index (χ2v) is 4.21. The Morgan fingerprint density at radius 2 is 1.63 bits per heavy atom. The summed E-state index contributed by atoms with van der Waals surface area (Å²) < 4.78 is 9.51. The molecule has 0 radical (unpaired) electrons. The maximum absolute atomic E-state index is 11.2. The van der Waals surface area contributed by atoms with Gasteiger partial charge < -0.3 is 9.47 Å². The molecule has 0 saturated heterocycles. The molecule has 0 atom stereocenters. The molecular formula is C13H16N2O4. The maximum Gasteiger partial charge on any atom is 0.452 e. The van der Waals surface area contributed by atoms with E-state index in [1.165, 1.54) is 0 Å². The maximum atomic E-state index is 11.2. The van der Waals surface area contributed by atoms with E-state index in [-0.39, 0.29) is 19.1 Å². The molecule has 6 nitrogen and oxygen atoms in total. The zero-order valence-electron chi connectivity index (χ0n) is 10.9. The monoisotopic (exact) mass is 264 g/mol. The number of rotatable bonds is 4. The molecule has 6 heteroatoms. The van der Waals surface area contributed by atoms with Crippen LogP contribution in [0.4, 0.5) is 9.59 Å². The molecule has 0 heterocycles. The van der Waals surface area contributed by atoms with Gasteiger partial charge in [0.2, 0.25) is 0 Å². The van der Waals surface area contributed by atoms with Gasteiger partial charge in [-0.15, -0.1) is 0 Å². The Labute approximate surface area is 111 Å². The van der Waals surface area contributed by atoms with Crippen molar-refractivity contribution in [3.8, 4) is 0 Å². The summed E-state index contributed by atoms with van der Waals surface area (Å²) >= 11 is 0. The van der Waals surface area contributed by atoms with Gasteiger partial charge in [-0.3, -0.25) is 0 Å². The van der Waals surface area contributed by atoms with E-state index in [2.05, 4.69) is 10.2 Å². The summed E-state index contributed by atoms with van der Waals surface area (Å²) in [6.07, 6.45) is -1.82. The second-order valence-electron chi connectivity index (χ2n) is 4.21. The van der Waals surface area contributed by atoms with Crippen LogP contribution in [0.3, 0.4) is 0 Å². The van der Waals surface area contributed by atoms with E-state index in [0.717, 1.165) is 5.56 Å². The van der Waals surface area contributed by atoms with Gasteiger partial charge in [-0.1, -0.05) is 54.4 Å². The molecule has 0 saturated carbocycles. The molecule has 1 aromatic carbocycles. The molecule has 0 bridgehead atoms. The molecule has 0 spiro atoms. The summed E-state index contributed by atoms with van der Waals surface area (Å²) in [5, 5.41) is 6.20. The number of hydrogen-bond donors (Lipinski definition) is 0. The number of hydrogen-bond acceptors (Lipinski definition) is 4. The van der Waals surface area contributed by atoms with Crippen molar-refractivity contribution >= 4 is 12.2 Å². The number of ether oxygens (including phenoxy) is 2. The van der Waals surface area contributed by atoms with E-state index < -0.39 is 12.2 Å². The zero-order chi connectivity index (χ0) is 14.1. The Hall–Kier alpha value is -2.24. The van der Waals surface area contributed by atoms with Crippen molar-refractivity contribution in [1.29, 1.82) is 0 Å². The van der Waals surface area contributed by atoms with Crippen LogP contribution < -0.4 is 0 Å². The summed E-state index contributed by atoms with van der Waals surface area (Å²) in [5.41, 5.74) is 0.827. The van der Waals surface area contributed by atoms with Crippen LogP contribution in [-0.2, 0) is 16.1 Å². The molecule has 102 valence electrons. The normalized spacial score (nSPS) is 10.7. The minimum absolute atomic E-state index is 0.0831. The molecule has 1 aromatic rings. The number of azo groups is 1. The van der Waals surface area contributed by atoms with Crippen LogP contribution in [-0.4, -0.2) is 18.8 Å². The standard InChI is InChI=1S/C13H16N2O4/c1-10(2)8-18-12(16)14-15-13(17)19-9-11-6-4-3-5-7-11/h3-7,10H,8-9H2,1-2H3/b15-14+. The van der Waals surface area contributed by atoms with Crippen molar-refractivity contribution in [2.75, 3.05) is 6.61 Å². The number of amides is 2. The fourth-order valence-electron chi connectivity index (χ4n) is 1.10. The van der Waals surface area contributed by atoms with Crippen LogP contribution >= 0.6 is 0 Å². The third-order valence-corrected chi connectivity index (χ3v) is 1.96. The van der Waals surface area contributed by atoms with Crippen LogP contribution in [0.1, 0.15) is 19.4 Å². The fourth-order valence-corrected chi connectivity index (χ4v) is 1.10. The first-order chi connectivity index (χ1) is 9.08. The number of nitrogens with zero attached hydrogens (tertiary/aromatic N) is 2. The Bertz CT molecular complexity index is 443. The van der Waals surface area contributed by atoms with Crippen molar-refractivity contribution in [2.24, 2.45) is 16.1 Å². The second kappa shape index (κ2) is 7.97. The van der Waals surface area contributed by atoms with E-state index in [0.29, 0.717) is 0 Å². The van der Waals surface area contributed by atoms with Gasteiger partial charge in [0.25, 0.3) is 0 Å². The predicted octanol–water partition coefficient (Wildman–Crippen LogP) is 3.57. The van der Waals surface area contributed by atoms with Gasteiger partial charge in [-0.05, 0) is 11.5 Å². The summed E-state index contributed by atoms with van der Waals surface area (Å²) in [7, 11) is 0. The quantitative estimate of drug-likeness (QED) is 0.779. The smallest absolute Gasteiger partial charge is 0.447 e. The van der Waals surface area contributed by atoms with Crippen molar-refractivity contribution in [3.05, 3.63) is 35.9 Å². The minimum Gasteiger partial charge on any atom is -0.447 e. The topological polar surface area (TPSA) is 77.3 Å². The number of carbonyl (C=O) groups is 2. The van der Waals surface area contributed by atoms with Crippen molar-refractivity contribution in [2.45, 2.75) is 20.5 Å². The molecule has 0 unspecified atom stereocenters. The summed E-state index contributed by atoms with van der Waals surface area (Å²) in [4.78, 5) is 22.2. The SMILES string of the molecule is CC(C)COC(=O)/N=N/C(=O)OCc1ccccc1. The van der Waals surface area contributed by atoms with Gasteiger partial charge >= 0.3 is 12.2 Å².